The molecular weight excluding hydrogens is 450 g/mol. The monoisotopic (exact) mass is 467 g/mol. The zero-order valence-corrected chi connectivity index (χ0v) is 18.4. The number of anilines is 1. The number of aliphatic carboxylic acids is 1. The second kappa shape index (κ2) is 8.61. The number of fused-ring (bicyclic) bond motifs is 2. The number of para-hydroxylation sites is 1. The molecule has 1 aromatic heterocycles. The summed E-state index contributed by atoms with van der Waals surface area (Å²) in [6, 6.07) is 20.4. The highest BCUT2D eigenvalue weighted by molar-refractivity contribution is 7.19. The SMILES string of the molecule is O=C(O)CN(Cc1sc2cc3c(cc2c1Oc1ccc(Cl)cc1)OCO3)c1ccccc1. The van der Waals surface area contributed by atoms with E-state index in [1.807, 2.05) is 47.4 Å². The number of hydrogen-bond donors (Lipinski definition) is 1. The van der Waals surface area contributed by atoms with E-state index in [0.29, 0.717) is 34.6 Å². The minimum absolute atomic E-state index is 0.138. The molecule has 6 nitrogen and oxygen atoms in total. The fraction of sp³-hybridized carbons (Fsp3) is 0.125. The van der Waals surface area contributed by atoms with Crippen molar-refractivity contribution in [2.75, 3.05) is 18.2 Å². The Balaban J connectivity index is 1.58. The van der Waals surface area contributed by atoms with Crippen LogP contribution in [0.2, 0.25) is 5.02 Å². The van der Waals surface area contributed by atoms with E-state index >= 15 is 0 Å². The Labute approximate surface area is 193 Å². The van der Waals surface area contributed by atoms with Crippen LogP contribution in [0.25, 0.3) is 10.1 Å². The molecule has 0 radical (unpaired) electrons. The van der Waals surface area contributed by atoms with Crippen LogP contribution in [-0.2, 0) is 11.3 Å². The van der Waals surface area contributed by atoms with Crippen LogP contribution in [0, 0.1) is 0 Å². The average Bonchev–Trinajstić information content (AvgIpc) is 3.37. The second-order valence-electron chi connectivity index (χ2n) is 7.20. The molecule has 0 aliphatic carbocycles. The lowest BCUT2D eigenvalue weighted by atomic mass is 10.2. The van der Waals surface area contributed by atoms with Crippen molar-refractivity contribution >= 4 is 44.7 Å². The van der Waals surface area contributed by atoms with E-state index in [4.69, 9.17) is 25.8 Å². The Morgan fingerprint density at radius 2 is 1.78 bits per heavy atom. The van der Waals surface area contributed by atoms with Gasteiger partial charge in [-0.2, -0.15) is 0 Å². The first-order valence-corrected chi connectivity index (χ1v) is 11.1. The first-order valence-electron chi connectivity index (χ1n) is 9.87. The second-order valence-corrected chi connectivity index (χ2v) is 8.77. The summed E-state index contributed by atoms with van der Waals surface area (Å²) in [6.45, 7) is 0.416. The molecule has 3 aromatic carbocycles. The third-order valence-corrected chi connectivity index (χ3v) is 6.39. The molecule has 162 valence electrons. The zero-order chi connectivity index (χ0) is 22.1. The number of carbonyl (C=O) groups is 1. The van der Waals surface area contributed by atoms with Crippen LogP contribution in [-0.4, -0.2) is 24.4 Å². The van der Waals surface area contributed by atoms with Crippen molar-refractivity contribution in [3.05, 3.63) is 76.6 Å². The minimum Gasteiger partial charge on any atom is -0.480 e. The highest BCUT2D eigenvalue weighted by Crippen LogP contribution is 2.47. The summed E-state index contributed by atoms with van der Waals surface area (Å²) in [5.41, 5.74) is 0.818. The Morgan fingerprint density at radius 3 is 2.50 bits per heavy atom. The van der Waals surface area contributed by atoms with Gasteiger partial charge in [0.2, 0.25) is 6.79 Å². The van der Waals surface area contributed by atoms with E-state index < -0.39 is 5.97 Å². The lowest BCUT2D eigenvalue weighted by Crippen LogP contribution is -2.28. The summed E-state index contributed by atoms with van der Waals surface area (Å²) in [5.74, 6) is 1.74. The van der Waals surface area contributed by atoms with E-state index in [0.717, 1.165) is 20.7 Å². The van der Waals surface area contributed by atoms with Crippen molar-refractivity contribution in [3.63, 3.8) is 0 Å². The van der Waals surface area contributed by atoms with E-state index in [2.05, 4.69) is 0 Å². The van der Waals surface area contributed by atoms with Gasteiger partial charge in [0.05, 0.1) is 11.4 Å². The van der Waals surface area contributed by atoms with Gasteiger partial charge in [-0.25, -0.2) is 0 Å². The van der Waals surface area contributed by atoms with Crippen LogP contribution in [0.1, 0.15) is 4.88 Å². The van der Waals surface area contributed by atoms with Gasteiger partial charge in [0.15, 0.2) is 17.2 Å². The predicted octanol–water partition coefficient (Wildman–Crippen LogP) is 6.17. The number of nitrogens with zero attached hydrogens (tertiary/aromatic N) is 1. The summed E-state index contributed by atoms with van der Waals surface area (Å²) in [5, 5.41) is 11.0. The van der Waals surface area contributed by atoms with E-state index in [1.165, 1.54) is 0 Å². The van der Waals surface area contributed by atoms with Gasteiger partial charge in [0.1, 0.15) is 12.3 Å². The third-order valence-electron chi connectivity index (χ3n) is 5.02. The number of rotatable bonds is 7. The van der Waals surface area contributed by atoms with E-state index in [9.17, 15) is 9.90 Å². The van der Waals surface area contributed by atoms with E-state index in [1.54, 1.807) is 35.6 Å². The molecule has 4 aromatic rings. The first-order chi connectivity index (χ1) is 15.6. The normalized spacial score (nSPS) is 12.2. The molecule has 5 rings (SSSR count). The lowest BCUT2D eigenvalue weighted by molar-refractivity contribution is -0.135. The van der Waals surface area contributed by atoms with Crippen molar-refractivity contribution in [1.82, 2.24) is 0 Å². The number of carboxylic acids is 1. The Bertz CT molecular complexity index is 1270. The van der Waals surface area contributed by atoms with Crippen LogP contribution in [0.5, 0.6) is 23.0 Å². The molecule has 0 amide bonds. The predicted molar refractivity (Wildman–Crippen MR) is 125 cm³/mol. The Kier molecular flexibility index (Phi) is 5.51. The van der Waals surface area contributed by atoms with Crippen molar-refractivity contribution < 1.29 is 24.1 Å². The molecule has 0 unspecified atom stereocenters. The van der Waals surface area contributed by atoms with Crippen LogP contribution < -0.4 is 19.1 Å². The summed E-state index contributed by atoms with van der Waals surface area (Å²) < 4.78 is 18.4. The van der Waals surface area contributed by atoms with Gasteiger partial charge in [-0.15, -0.1) is 11.3 Å². The summed E-state index contributed by atoms with van der Waals surface area (Å²) in [6.07, 6.45) is 0. The highest BCUT2D eigenvalue weighted by atomic mass is 35.5. The number of ether oxygens (including phenoxy) is 3. The quantitative estimate of drug-likeness (QED) is 0.350. The maximum absolute atomic E-state index is 11.6. The van der Waals surface area contributed by atoms with Gasteiger partial charge >= 0.3 is 5.97 Å². The summed E-state index contributed by atoms with van der Waals surface area (Å²) in [4.78, 5) is 14.3. The van der Waals surface area contributed by atoms with Gasteiger partial charge < -0.3 is 24.2 Å². The van der Waals surface area contributed by atoms with Crippen LogP contribution in [0.3, 0.4) is 0 Å². The van der Waals surface area contributed by atoms with E-state index in [-0.39, 0.29) is 13.3 Å². The summed E-state index contributed by atoms with van der Waals surface area (Å²) in [7, 11) is 0. The molecule has 0 bridgehead atoms. The van der Waals surface area contributed by atoms with Crippen LogP contribution >= 0.6 is 22.9 Å². The maximum atomic E-state index is 11.6. The van der Waals surface area contributed by atoms with Gasteiger partial charge in [-0.05, 0) is 42.5 Å². The molecule has 1 N–H and O–H groups in total. The van der Waals surface area contributed by atoms with Crippen LogP contribution in [0.4, 0.5) is 5.69 Å². The zero-order valence-electron chi connectivity index (χ0n) is 16.8. The fourth-order valence-corrected chi connectivity index (χ4v) is 4.85. The number of carboxylic acid groups (broad SMARTS) is 1. The third kappa shape index (κ3) is 4.17. The number of benzene rings is 3. The minimum atomic E-state index is -0.907. The average molecular weight is 468 g/mol. The molecule has 0 atom stereocenters. The van der Waals surface area contributed by atoms with Gasteiger partial charge in [0, 0.05) is 26.9 Å². The number of hydrogen-bond acceptors (Lipinski definition) is 6. The highest BCUT2D eigenvalue weighted by Gasteiger charge is 2.23. The summed E-state index contributed by atoms with van der Waals surface area (Å²) >= 11 is 7.56. The molecule has 0 spiro atoms. The molecule has 1 aliphatic rings. The first kappa shape index (κ1) is 20.5. The van der Waals surface area contributed by atoms with Gasteiger partial charge in [0.25, 0.3) is 0 Å². The van der Waals surface area contributed by atoms with Crippen molar-refractivity contribution in [3.8, 4) is 23.0 Å². The maximum Gasteiger partial charge on any atom is 0.323 e. The lowest BCUT2D eigenvalue weighted by Gasteiger charge is -2.23. The van der Waals surface area contributed by atoms with Gasteiger partial charge in [-0.3, -0.25) is 4.79 Å². The fourth-order valence-electron chi connectivity index (χ4n) is 3.56. The molecule has 0 saturated carbocycles. The Hall–Kier alpha value is -3.42. The van der Waals surface area contributed by atoms with Crippen molar-refractivity contribution in [1.29, 1.82) is 0 Å². The topological polar surface area (TPSA) is 68.2 Å². The molecule has 8 heteroatoms. The molecule has 32 heavy (non-hydrogen) atoms. The number of halogens is 1. The Morgan fingerprint density at radius 1 is 1.06 bits per heavy atom. The van der Waals surface area contributed by atoms with Crippen molar-refractivity contribution in [2.24, 2.45) is 0 Å². The molecule has 0 saturated heterocycles. The molecular formula is C24H18ClNO5S. The largest absolute Gasteiger partial charge is 0.480 e. The number of thiophene rings is 1. The smallest absolute Gasteiger partial charge is 0.323 e. The van der Waals surface area contributed by atoms with Crippen LogP contribution in [0.15, 0.2) is 66.7 Å². The molecule has 2 heterocycles. The molecule has 0 fully saturated rings. The van der Waals surface area contributed by atoms with Crippen molar-refractivity contribution in [2.45, 2.75) is 6.54 Å². The van der Waals surface area contributed by atoms with Gasteiger partial charge in [-0.1, -0.05) is 29.8 Å². The standard InChI is InChI=1S/C24H18ClNO5S/c25-15-6-8-17(9-7-15)31-24-18-10-19-20(30-14-29-19)11-21(18)32-22(24)12-26(13-23(27)28)16-4-2-1-3-5-16/h1-11H,12-14H2,(H,27,28). The molecule has 1 aliphatic heterocycles.